The van der Waals surface area contributed by atoms with E-state index in [1.165, 1.54) is 0 Å². The highest BCUT2D eigenvalue weighted by molar-refractivity contribution is 5.76. The van der Waals surface area contributed by atoms with Gasteiger partial charge in [-0.2, -0.15) is 0 Å². The van der Waals surface area contributed by atoms with Gasteiger partial charge in [0.05, 0.1) is 10.9 Å². The summed E-state index contributed by atoms with van der Waals surface area (Å²) in [6.07, 6.45) is 2.79. The smallest absolute Gasteiger partial charge is 0.346 e. The molecule has 1 aromatic heterocycles. The van der Waals surface area contributed by atoms with Crippen LogP contribution in [-0.4, -0.2) is 4.98 Å². The highest BCUT2D eigenvalue weighted by Gasteiger charge is 2.04. The Kier molecular flexibility index (Phi) is 2.81. The van der Waals surface area contributed by atoms with Gasteiger partial charge in [0.15, 0.2) is 5.89 Å². The van der Waals surface area contributed by atoms with Crippen molar-refractivity contribution in [1.29, 1.82) is 0 Å². The van der Waals surface area contributed by atoms with Gasteiger partial charge in [0, 0.05) is 6.42 Å². The van der Waals surface area contributed by atoms with E-state index in [9.17, 15) is 4.79 Å². The predicted octanol–water partition coefficient (Wildman–Crippen LogP) is 2.53. The summed E-state index contributed by atoms with van der Waals surface area (Å²) in [4.78, 5) is 15.9. The molecule has 0 spiro atoms. The summed E-state index contributed by atoms with van der Waals surface area (Å²) in [6.45, 7) is 2.10. The standard InChI is InChI=1S/C12H13NO2/c1-2-3-8-11-13-10-7-5-4-6-9(10)12(14)15-11/h4-7H,2-3,8H2,1H3. The number of hydrogen-bond donors (Lipinski definition) is 0. The predicted molar refractivity (Wildman–Crippen MR) is 58.9 cm³/mol. The Labute approximate surface area is 87.8 Å². The zero-order valence-corrected chi connectivity index (χ0v) is 8.69. The van der Waals surface area contributed by atoms with Crippen LogP contribution >= 0.6 is 0 Å². The van der Waals surface area contributed by atoms with E-state index in [2.05, 4.69) is 11.9 Å². The molecule has 3 heteroatoms. The van der Waals surface area contributed by atoms with Crippen molar-refractivity contribution in [1.82, 2.24) is 4.98 Å². The van der Waals surface area contributed by atoms with E-state index in [0.717, 1.165) is 24.8 Å². The van der Waals surface area contributed by atoms with Crippen LogP contribution in [0.4, 0.5) is 0 Å². The first-order chi connectivity index (χ1) is 7.31. The Morgan fingerprint density at radius 1 is 1.33 bits per heavy atom. The number of benzene rings is 1. The molecule has 0 aliphatic carbocycles. The van der Waals surface area contributed by atoms with Gasteiger partial charge in [0.25, 0.3) is 0 Å². The third-order valence-electron chi connectivity index (χ3n) is 2.32. The first kappa shape index (κ1) is 9.90. The lowest BCUT2D eigenvalue weighted by Crippen LogP contribution is -2.04. The Balaban J connectivity index is 2.48. The van der Waals surface area contributed by atoms with Crippen LogP contribution < -0.4 is 5.63 Å². The molecule has 1 heterocycles. The fourth-order valence-electron chi connectivity index (χ4n) is 1.50. The summed E-state index contributed by atoms with van der Waals surface area (Å²) in [5.74, 6) is 0.542. The lowest BCUT2D eigenvalue weighted by Gasteiger charge is -1.99. The van der Waals surface area contributed by atoms with Crippen molar-refractivity contribution in [3.63, 3.8) is 0 Å². The van der Waals surface area contributed by atoms with Crippen molar-refractivity contribution in [2.24, 2.45) is 0 Å². The Morgan fingerprint density at radius 2 is 2.13 bits per heavy atom. The van der Waals surface area contributed by atoms with Gasteiger partial charge >= 0.3 is 5.63 Å². The Hall–Kier alpha value is -1.64. The van der Waals surface area contributed by atoms with Crippen molar-refractivity contribution in [2.45, 2.75) is 26.2 Å². The first-order valence-corrected chi connectivity index (χ1v) is 5.20. The van der Waals surface area contributed by atoms with Gasteiger partial charge in [-0.3, -0.25) is 0 Å². The van der Waals surface area contributed by atoms with E-state index in [-0.39, 0.29) is 5.63 Å². The summed E-state index contributed by atoms with van der Waals surface area (Å²) in [7, 11) is 0. The third-order valence-corrected chi connectivity index (χ3v) is 2.32. The van der Waals surface area contributed by atoms with E-state index in [4.69, 9.17) is 4.42 Å². The second-order valence-electron chi connectivity index (χ2n) is 3.52. The Bertz CT molecular complexity index is 516. The fraction of sp³-hybridized carbons (Fsp3) is 0.333. The van der Waals surface area contributed by atoms with Crippen LogP contribution in [0.15, 0.2) is 33.5 Å². The molecule has 0 saturated heterocycles. The molecule has 0 amide bonds. The number of unbranched alkanes of at least 4 members (excludes halogenated alkanes) is 1. The fourth-order valence-corrected chi connectivity index (χ4v) is 1.50. The molecule has 0 N–H and O–H groups in total. The quantitative estimate of drug-likeness (QED) is 0.769. The van der Waals surface area contributed by atoms with Gasteiger partial charge in [0.1, 0.15) is 0 Å². The van der Waals surface area contributed by atoms with E-state index in [1.807, 2.05) is 18.2 Å². The van der Waals surface area contributed by atoms with E-state index in [0.29, 0.717) is 11.3 Å². The Morgan fingerprint density at radius 3 is 2.93 bits per heavy atom. The van der Waals surface area contributed by atoms with Crippen LogP contribution in [0.1, 0.15) is 25.7 Å². The summed E-state index contributed by atoms with van der Waals surface area (Å²) in [5, 5.41) is 0.553. The molecule has 2 aromatic rings. The zero-order chi connectivity index (χ0) is 10.7. The normalized spacial score (nSPS) is 10.7. The minimum atomic E-state index is -0.285. The van der Waals surface area contributed by atoms with Crippen LogP contribution in [0.2, 0.25) is 0 Å². The SMILES string of the molecule is CCCCc1nc2ccccc2c(=O)o1. The van der Waals surface area contributed by atoms with E-state index in [1.54, 1.807) is 6.07 Å². The molecule has 1 aromatic carbocycles. The summed E-state index contributed by atoms with van der Waals surface area (Å²) in [5.41, 5.74) is 0.437. The second kappa shape index (κ2) is 4.26. The number of nitrogens with zero attached hydrogens (tertiary/aromatic N) is 1. The number of aryl methyl sites for hydroxylation is 1. The topological polar surface area (TPSA) is 43.1 Å². The van der Waals surface area contributed by atoms with Crippen molar-refractivity contribution >= 4 is 10.9 Å². The second-order valence-corrected chi connectivity index (χ2v) is 3.52. The average molecular weight is 203 g/mol. The third kappa shape index (κ3) is 2.06. The van der Waals surface area contributed by atoms with E-state index >= 15 is 0 Å². The van der Waals surface area contributed by atoms with Crippen LogP contribution in [0.25, 0.3) is 10.9 Å². The molecular weight excluding hydrogens is 190 g/mol. The monoisotopic (exact) mass is 203 g/mol. The molecule has 0 radical (unpaired) electrons. The molecule has 0 aliphatic heterocycles. The summed E-state index contributed by atoms with van der Waals surface area (Å²) >= 11 is 0. The maximum Gasteiger partial charge on any atom is 0.346 e. The maximum absolute atomic E-state index is 11.6. The van der Waals surface area contributed by atoms with Crippen molar-refractivity contribution in [3.05, 3.63) is 40.6 Å². The van der Waals surface area contributed by atoms with Gasteiger partial charge in [-0.1, -0.05) is 25.5 Å². The number of fused-ring (bicyclic) bond motifs is 1. The number of para-hydroxylation sites is 1. The molecule has 0 fully saturated rings. The molecule has 0 atom stereocenters. The average Bonchev–Trinajstić information content (AvgIpc) is 2.26. The van der Waals surface area contributed by atoms with E-state index < -0.39 is 0 Å². The van der Waals surface area contributed by atoms with Crippen LogP contribution in [0.3, 0.4) is 0 Å². The maximum atomic E-state index is 11.6. The molecule has 0 aliphatic rings. The van der Waals surface area contributed by atoms with Gasteiger partial charge < -0.3 is 4.42 Å². The summed E-state index contributed by atoms with van der Waals surface area (Å²) in [6, 6.07) is 7.25. The van der Waals surface area contributed by atoms with Crippen LogP contribution in [0, 0.1) is 0 Å². The lowest BCUT2D eigenvalue weighted by molar-refractivity contribution is 0.438. The first-order valence-electron chi connectivity index (χ1n) is 5.20. The van der Waals surface area contributed by atoms with Crippen molar-refractivity contribution in [3.8, 4) is 0 Å². The molecular formula is C12H13NO2. The molecule has 3 nitrogen and oxygen atoms in total. The van der Waals surface area contributed by atoms with Crippen molar-refractivity contribution in [2.75, 3.05) is 0 Å². The highest BCUT2D eigenvalue weighted by atomic mass is 16.4. The summed E-state index contributed by atoms with van der Waals surface area (Å²) < 4.78 is 5.13. The van der Waals surface area contributed by atoms with Gasteiger partial charge in [-0.05, 0) is 18.6 Å². The highest BCUT2D eigenvalue weighted by Crippen LogP contribution is 2.08. The molecule has 0 unspecified atom stereocenters. The molecule has 0 bridgehead atoms. The molecule has 2 rings (SSSR count). The molecule has 78 valence electrons. The number of hydrogen-bond acceptors (Lipinski definition) is 3. The van der Waals surface area contributed by atoms with Gasteiger partial charge in [0.2, 0.25) is 0 Å². The number of aromatic nitrogens is 1. The van der Waals surface area contributed by atoms with Crippen molar-refractivity contribution < 1.29 is 4.42 Å². The van der Waals surface area contributed by atoms with Crippen LogP contribution in [-0.2, 0) is 6.42 Å². The number of rotatable bonds is 3. The minimum Gasteiger partial charge on any atom is -0.408 e. The zero-order valence-electron chi connectivity index (χ0n) is 8.69. The lowest BCUT2D eigenvalue weighted by atomic mass is 10.2. The van der Waals surface area contributed by atoms with Crippen LogP contribution in [0.5, 0.6) is 0 Å². The minimum absolute atomic E-state index is 0.285. The largest absolute Gasteiger partial charge is 0.408 e. The van der Waals surface area contributed by atoms with Gasteiger partial charge in [-0.25, -0.2) is 9.78 Å². The molecule has 15 heavy (non-hydrogen) atoms. The van der Waals surface area contributed by atoms with Gasteiger partial charge in [-0.15, -0.1) is 0 Å². The molecule has 0 saturated carbocycles.